The normalized spacial score (nSPS) is 22.4. The molecule has 1 aliphatic carbocycles. The van der Waals surface area contributed by atoms with E-state index in [1.165, 1.54) is 31.2 Å². The fraction of sp³-hybridized carbons (Fsp3) is 0.444. The van der Waals surface area contributed by atoms with Crippen molar-refractivity contribution in [2.75, 3.05) is 0 Å². The lowest BCUT2D eigenvalue weighted by Gasteiger charge is -2.30. The minimum Gasteiger partial charge on any atom is -0.327 e. The van der Waals surface area contributed by atoms with Gasteiger partial charge < -0.3 is 9.98 Å². The van der Waals surface area contributed by atoms with E-state index >= 15 is 0 Å². The van der Waals surface area contributed by atoms with Crippen molar-refractivity contribution in [1.82, 2.24) is 9.55 Å². The minimum absolute atomic E-state index is 0.498. The number of aromatic nitrogens is 2. The summed E-state index contributed by atoms with van der Waals surface area (Å²) in [5.41, 5.74) is 4.35. The number of fused-ring (bicyclic) bond motifs is 1. The molecule has 3 heteroatoms. The predicted molar refractivity (Wildman–Crippen MR) is 88.0 cm³/mol. The van der Waals surface area contributed by atoms with Gasteiger partial charge in [-0.1, -0.05) is 32.4 Å². The van der Waals surface area contributed by atoms with Crippen molar-refractivity contribution in [3.8, 4) is 0 Å². The Balaban J connectivity index is 1.99. The lowest BCUT2D eigenvalue weighted by Crippen LogP contribution is -2.20. The Kier molecular flexibility index (Phi) is 3.66. The second-order valence-corrected chi connectivity index (χ2v) is 6.34. The molecule has 0 radical (unpaired) electrons. The van der Waals surface area contributed by atoms with Crippen LogP contribution in [-0.4, -0.2) is 15.3 Å². The molecule has 1 aromatic carbocycles. The third-order valence-electron chi connectivity index (χ3n) is 4.71. The van der Waals surface area contributed by atoms with E-state index in [9.17, 15) is 0 Å². The summed E-state index contributed by atoms with van der Waals surface area (Å²) in [6.07, 6.45) is 7.20. The summed E-state index contributed by atoms with van der Waals surface area (Å²) >= 11 is 0. The van der Waals surface area contributed by atoms with E-state index in [4.69, 9.17) is 5.41 Å². The van der Waals surface area contributed by atoms with Crippen LogP contribution >= 0.6 is 0 Å². The molecule has 1 heterocycles. The van der Waals surface area contributed by atoms with Crippen LogP contribution in [0.25, 0.3) is 11.0 Å². The predicted octanol–water partition coefficient (Wildman–Crippen LogP) is 4.73. The number of nitrogens with one attached hydrogen (secondary N) is 1. The Morgan fingerprint density at radius 3 is 2.81 bits per heavy atom. The van der Waals surface area contributed by atoms with Gasteiger partial charge in [0.1, 0.15) is 0 Å². The van der Waals surface area contributed by atoms with Crippen LogP contribution in [0.5, 0.6) is 0 Å². The van der Waals surface area contributed by atoms with E-state index in [1.54, 1.807) is 0 Å². The topological polar surface area (TPSA) is 41.7 Å². The van der Waals surface area contributed by atoms with Crippen LogP contribution in [0.1, 0.15) is 51.1 Å². The zero-order valence-corrected chi connectivity index (χ0v) is 12.9. The van der Waals surface area contributed by atoms with Gasteiger partial charge in [0.25, 0.3) is 0 Å². The van der Waals surface area contributed by atoms with Crippen LogP contribution in [0.15, 0.2) is 36.7 Å². The second-order valence-electron chi connectivity index (χ2n) is 6.34. The summed E-state index contributed by atoms with van der Waals surface area (Å²) in [5, 5.41) is 8.06. The first-order valence-electron chi connectivity index (χ1n) is 7.79. The first kappa shape index (κ1) is 14.1. The van der Waals surface area contributed by atoms with Crippen molar-refractivity contribution >= 4 is 16.7 Å². The second kappa shape index (κ2) is 5.47. The summed E-state index contributed by atoms with van der Waals surface area (Å²) in [5.74, 6) is 0.713. The summed E-state index contributed by atoms with van der Waals surface area (Å²) in [6, 6.07) is 6.70. The average Bonchev–Trinajstić information content (AvgIpc) is 2.89. The SMILES string of the molecule is C=C(C)C(=N)c1ccc2c(c1)ncn2[C@H]1CCCCC1C. The molecule has 1 N–H and O–H groups in total. The van der Waals surface area contributed by atoms with Gasteiger partial charge in [0, 0.05) is 11.6 Å². The molecule has 3 nitrogen and oxygen atoms in total. The highest BCUT2D eigenvalue weighted by atomic mass is 15.1. The number of rotatable bonds is 3. The highest BCUT2D eigenvalue weighted by Gasteiger charge is 2.24. The molecule has 1 saturated carbocycles. The average molecular weight is 281 g/mol. The van der Waals surface area contributed by atoms with E-state index in [0.717, 1.165) is 16.7 Å². The molecule has 21 heavy (non-hydrogen) atoms. The Bertz CT molecular complexity index is 696. The molecule has 1 fully saturated rings. The molecule has 0 saturated heterocycles. The lowest BCUT2D eigenvalue weighted by atomic mass is 9.85. The zero-order chi connectivity index (χ0) is 15.0. The molecule has 3 rings (SSSR count). The highest BCUT2D eigenvalue weighted by molar-refractivity contribution is 6.11. The molecule has 0 bridgehead atoms. The fourth-order valence-corrected chi connectivity index (χ4v) is 3.41. The fourth-order valence-electron chi connectivity index (χ4n) is 3.41. The number of nitrogens with zero attached hydrogens (tertiary/aromatic N) is 2. The number of hydrogen-bond donors (Lipinski definition) is 1. The van der Waals surface area contributed by atoms with Gasteiger partial charge in [-0.2, -0.15) is 0 Å². The van der Waals surface area contributed by atoms with Crippen molar-refractivity contribution in [2.45, 2.75) is 45.6 Å². The molecule has 110 valence electrons. The first-order chi connectivity index (χ1) is 10.1. The molecule has 2 atom stereocenters. The van der Waals surface area contributed by atoms with Gasteiger partial charge in [-0.3, -0.25) is 0 Å². The molecule has 0 amide bonds. The van der Waals surface area contributed by atoms with Crippen LogP contribution in [0, 0.1) is 11.3 Å². The minimum atomic E-state index is 0.498. The lowest BCUT2D eigenvalue weighted by molar-refractivity contribution is 0.262. The number of imidazole rings is 1. The maximum absolute atomic E-state index is 8.06. The van der Waals surface area contributed by atoms with Crippen LogP contribution < -0.4 is 0 Å². The smallest absolute Gasteiger partial charge is 0.0961 e. The third-order valence-corrected chi connectivity index (χ3v) is 4.71. The molecule has 0 aliphatic heterocycles. The van der Waals surface area contributed by atoms with E-state index < -0.39 is 0 Å². The van der Waals surface area contributed by atoms with Gasteiger partial charge in [0.2, 0.25) is 0 Å². The molecule has 1 aliphatic rings. The molecular formula is C18H23N3. The van der Waals surface area contributed by atoms with Gasteiger partial charge in [-0.25, -0.2) is 4.98 Å². The summed E-state index contributed by atoms with van der Waals surface area (Å²) in [6.45, 7) is 8.07. The third kappa shape index (κ3) is 2.53. The standard InChI is InChI=1S/C18H23N3/c1-12(2)18(19)14-8-9-17-15(10-14)20-11-21(17)16-7-5-4-6-13(16)3/h8-11,13,16,19H,1,4-7H2,2-3H3/t13?,16-/m0/s1. The summed E-state index contributed by atoms with van der Waals surface area (Å²) < 4.78 is 2.34. The van der Waals surface area contributed by atoms with Crippen LogP contribution in [0.4, 0.5) is 0 Å². The monoisotopic (exact) mass is 281 g/mol. The van der Waals surface area contributed by atoms with E-state index in [1.807, 2.05) is 25.4 Å². The van der Waals surface area contributed by atoms with Crippen molar-refractivity contribution < 1.29 is 0 Å². The van der Waals surface area contributed by atoms with Crippen molar-refractivity contribution in [3.63, 3.8) is 0 Å². The zero-order valence-electron chi connectivity index (χ0n) is 12.9. The highest BCUT2D eigenvalue weighted by Crippen LogP contribution is 2.35. The van der Waals surface area contributed by atoms with Crippen LogP contribution in [-0.2, 0) is 0 Å². The quantitative estimate of drug-likeness (QED) is 0.812. The van der Waals surface area contributed by atoms with E-state index in [-0.39, 0.29) is 0 Å². The number of benzene rings is 1. The summed E-state index contributed by atoms with van der Waals surface area (Å²) in [4.78, 5) is 4.57. The molecule has 2 aromatic rings. The van der Waals surface area contributed by atoms with Crippen molar-refractivity contribution in [3.05, 3.63) is 42.2 Å². The number of allylic oxidation sites excluding steroid dienone is 1. The first-order valence-corrected chi connectivity index (χ1v) is 7.79. The van der Waals surface area contributed by atoms with E-state index in [2.05, 4.69) is 29.1 Å². The van der Waals surface area contributed by atoms with Gasteiger partial charge in [0.15, 0.2) is 0 Å². The molecular weight excluding hydrogens is 258 g/mol. The molecule has 0 spiro atoms. The summed E-state index contributed by atoms with van der Waals surface area (Å²) in [7, 11) is 0. The molecule has 1 unspecified atom stereocenters. The van der Waals surface area contributed by atoms with Crippen molar-refractivity contribution in [1.29, 1.82) is 5.41 Å². The Morgan fingerprint density at radius 2 is 2.10 bits per heavy atom. The van der Waals surface area contributed by atoms with Crippen LogP contribution in [0.2, 0.25) is 0 Å². The van der Waals surface area contributed by atoms with Crippen LogP contribution in [0.3, 0.4) is 0 Å². The largest absolute Gasteiger partial charge is 0.327 e. The van der Waals surface area contributed by atoms with Gasteiger partial charge in [-0.15, -0.1) is 0 Å². The van der Waals surface area contributed by atoms with Gasteiger partial charge >= 0.3 is 0 Å². The maximum atomic E-state index is 8.06. The maximum Gasteiger partial charge on any atom is 0.0961 e. The van der Waals surface area contributed by atoms with E-state index in [0.29, 0.717) is 17.7 Å². The van der Waals surface area contributed by atoms with Gasteiger partial charge in [-0.05, 0) is 43.4 Å². The Labute approximate surface area is 126 Å². The molecule has 1 aromatic heterocycles. The number of hydrogen-bond acceptors (Lipinski definition) is 2. The van der Waals surface area contributed by atoms with Gasteiger partial charge in [0.05, 0.1) is 23.1 Å². The Hall–Kier alpha value is -1.90. The Morgan fingerprint density at radius 1 is 1.33 bits per heavy atom. The van der Waals surface area contributed by atoms with Crippen molar-refractivity contribution in [2.24, 2.45) is 5.92 Å².